The summed E-state index contributed by atoms with van der Waals surface area (Å²) in [5, 5.41) is 18.7. The van der Waals surface area contributed by atoms with Crippen molar-refractivity contribution in [1.29, 1.82) is 0 Å². The molecule has 0 bridgehead atoms. The molecule has 0 unspecified atom stereocenters. The lowest BCUT2D eigenvalue weighted by Gasteiger charge is -2.15. The van der Waals surface area contributed by atoms with Gasteiger partial charge < -0.3 is 20.7 Å². The molecule has 0 saturated heterocycles. The van der Waals surface area contributed by atoms with Crippen LogP contribution in [0.25, 0.3) is 0 Å². The maximum atomic E-state index is 11.5. The Kier molecular flexibility index (Phi) is 5.47. The van der Waals surface area contributed by atoms with E-state index in [9.17, 15) is 14.7 Å². The van der Waals surface area contributed by atoms with E-state index in [1.54, 1.807) is 0 Å². The third-order valence-electron chi connectivity index (χ3n) is 2.79. The van der Waals surface area contributed by atoms with Crippen molar-refractivity contribution in [2.24, 2.45) is 5.73 Å². The van der Waals surface area contributed by atoms with Gasteiger partial charge in [-0.25, -0.2) is 4.79 Å². The largest absolute Gasteiger partial charge is 0.507 e. The molecule has 0 radical (unpaired) electrons. The van der Waals surface area contributed by atoms with Gasteiger partial charge in [-0.15, -0.1) is 0 Å². The summed E-state index contributed by atoms with van der Waals surface area (Å²) in [6, 6.07) is 2.07. The molecule has 4 N–H and O–H groups in total. The van der Waals surface area contributed by atoms with E-state index in [1.165, 1.54) is 19.2 Å². The predicted molar refractivity (Wildman–Crippen MR) is 68.1 cm³/mol. The number of phenols is 1. The zero-order valence-electron chi connectivity index (χ0n) is 10.6. The molecule has 6 heteroatoms. The molecule has 0 heterocycles. The number of phenolic OH excluding ortho intramolecular Hbond substituents is 1. The van der Waals surface area contributed by atoms with E-state index in [2.05, 4.69) is 4.74 Å². The Morgan fingerprint density at radius 1 is 1.53 bits per heavy atom. The molecule has 19 heavy (non-hydrogen) atoms. The number of methoxy groups -OCH3 is 1. The normalized spacial score (nSPS) is 11.9. The van der Waals surface area contributed by atoms with Gasteiger partial charge in [0, 0.05) is 18.2 Å². The minimum Gasteiger partial charge on any atom is -0.507 e. The lowest BCUT2D eigenvalue weighted by Crippen LogP contribution is -2.13. The molecule has 0 saturated carbocycles. The van der Waals surface area contributed by atoms with Gasteiger partial charge in [0.2, 0.25) is 0 Å². The molecule has 1 atom stereocenters. The van der Waals surface area contributed by atoms with Crippen molar-refractivity contribution >= 4 is 12.3 Å². The standard InChI is InChI=1S/C13H17NO5/c1-19-13(18)8-5-9(7-16)12(17)10(6-8)11(14)3-2-4-15/h5-7,11,15,17H,2-4,14H2,1H3/t11-/m0/s1. The van der Waals surface area contributed by atoms with Crippen molar-refractivity contribution in [3.63, 3.8) is 0 Å². The Morgan fingerprint density at radius 3 is 2.74 bits per heavy atom. The van der Waals surface area contributed by atoms with Gasteiger partial charge in [0.25, 0.3) is 0 Å². The highest BCUT2D eigenvalue weighted by molar-refractivity contribution is 5.93. The number of hydrogen-bond donors (Lipinski definition) is 3. The fraction of sp³-hybridized carbons (Fsp3) is 0.385. The molecule has 0 aromatic heterocycles. The first kappa shape index (κ1) is 15.1. The summed E-state index contributed by atoms with van der Waals surface area (Å²) in [6.07, 6.45) is 1.33. The van der Waals surface area contributed by atoms with Gasteiger partial charge in [0.1, 0.15) is 5.75 Å². The molecule has 104 valence electrons. The monoisotopic (exact) mass is 267 g/mol. The van der Waals surface area contributed by atoms with Crippen LogP contribution in [0.2, 0.25) is 0 Å². The number of hydrogen-bond acceptors (Lipinski definition) is 6. The molecule has 0 amide bonds. The summed E-state index contributed by atoms with van der Waals surface area (Å²) >= 11 is 0. The van der Waals surface area contributed by atoms with Gasteiger partial charge in [0.05, 0.1) is 18.2 Å². The van der Waals surface area contributed by atoms with Gasteiger partial charge in [-0.1, -0.05) is 0 Å². The van der Waals surface area contributed by atoms with Gasteiger partial charge in [-0.2, -0.15) is 0 Å². The maximum absolute atomic E-state index is 11.5. The van der Waals surface area contributed by atoms with Crippen LogP contribution in [0.1, 0.15) is 45.2 Å². The minimum absolute atomic E-state index is 0.0163. The minimum atomic E-state index is -0.612. The van der Waals surface area contributed by atoms with Crippen LogP contribution in [0.5, 0.6) is 5.75 Å². The Hall–Kier alpha value is -1.92. The second kappa shape index (κ2) is 6.86. The molecular formula is C13H17NO5. The zero-order valence-corrected chi connectivity index (χ0v) is 10.6. The van der Waals surface area contributed by atoms with Crippen molar-refractivity contribution in [3.05, 3.63) is 28.8 Å². The van der Waals surface area contributed by atoms with Gasteiger partial charge in [0.15, 0.2) is 6.29 Å². The Morgan fingerprint density at radius 2 is 2.21 bits per heavy atom. The van der Waals surface area contributed by atoms with Crippen LogP contribution in [-0.2, 0) is 4.74 Å². The second-order valence-corrected chi connectivity index (χ2v) is 4.09. The Labute approximate surface area is 110 Å². The third kappa shape index (κ3) is 3.52. The summed E-state index contributed by atoms with van der Waals surface area (Å²) < 4.78 is 4.57. The molecule has 1 aromatic rings. The van der Waals surface area contributed by atoms with E-state index < -0.39 is 12.0 Å². The van der Waals surface area contributed by atoms with Crippen molar-refractivity contribution in [2.45, 2.75) is 18.9 Å². The van der Waals surface area contributed by atoms with E-state index >= 15 is 0 Å². The summed E-state index contributed by atoms with van der Waals surface area (Å²) in [6.45, 7) is -0.0221. The first-order chi connectivity index (χ1) is 9.04. The van der Waals surface area contributed by atoms with E-state index in [1.807, 2.05) is 0 Å². The van der Waals surface area contributed by atoms with Gasteiger partial charge in [-0.05, 0) is 25.0 Å². The highest BCUT2D eigenvalue weighted by Crippen LogP contribution is 2.30. The Balaban J connectivity index is 3.21. The molecule has 0 fully saturated rings. The number of esters is 1. The number of rotatable bonds is 6. The van der Waals surface area contributed by atoms with Crippen molar-refractivity contribution < 1.29 is 24.5 Å². The number of aldehydes is 1. The summed E-state index contributed by atoms with van der Waals surface area (Å²) in [5.41, 5.74) is 6.30. The lowest BCUT2D eigenvalue weighted by atomic mass is 9.96. The maximum Gasteiger partial charge on any atom is 0.337 e. The number of ether oxygens (including phenoxy) is 1. The number of carbonyl (C=O) groups excluding carboxylic acids is 2. The third-order valence-corrected chi connectivity index (χ3v) is 2.79. The molecule has 0 aliphatic heterocycles. The van der Waals surface area contributed by atoms with Crippen LogP contribution < -0.4 is 5.73 Å². The quantitative estimate of drug-likeness (QED) is 0.518. The molecule has 1 aromatic carbocycles. The zero-order chi connectivity index (χ0) is 14.4. The fourth-order valence-electron chi connectivity index (χ4n) is 1.75. The highest BCUT2D eigenvalue weighted by atomic mass is 16.5. The van der Waals surface area contributed by atoms with E-state index in [0.29, 0.717) is 24.7 Å². The molecule has 6 nitrogen and oxygen atoms in total. The average molecular weight is 267 g/mol. The average Bonchev–Trinajstić information content (AvgIpc) is 2.44. The number of aliphatic hydroxyl groups excluding tert-OH is 1. The van der Waals surface area contributed by atoms with Crippen LogP contribution >= 0.6 is 0 Å². The van der Waals surface area contributed by atoms with Crippen LogP contribution in [0, 0.1) is 0 Å². The number of nitrogens with two attached hydrogens (primary N) is 1. The smallest absolute Gasteiger partial charge is 0.337 e. The van der Waals surface area contributed by atoms with Crippen LogP contribution in [0.15, 0.2) is 12.1 Å². The van der Waals surface area contributed by atoms with Crippen molar-refractivity contribution in [1.82, 2.24) is 0 Å². The molecular weight excluding hydrogens is 250 g/mol. The van der Waals surface area contributed by atoms with E-state index in [4.69, 9.17) is 10.8 Å². The first-order valence-electron chi connectivity index (χ1n) is 5.82. The summed E-state index contributed by atoms with van der Waals surface area (Å²) in [4.78, 5) is 22.4. The van der Waals surface area contributed by atoms with Crippen LogP contribution in [0.4, 0.5) is 0 Å². The second-order valence-electron chi connectivity index (χ2n) is 4.09. The van der Waals surface area contributed by atoms with Crippen molar-refractivity contribution in [2.75, 3.05) is 13.7 Å². The van der Waals surface area contributed by atoms with Crippen LogP contribution in [-0.4, -0.2) is 36.2 Å². The highest BCUT2D eigenvalue weighted by Gasteiger charge is 2.18. The molecule has 0 aliphatic carbocycles. The SMILES string of the molecule is COC(=O)c1cc(C=O)c(O)c([C@@H](N)CCCO)c1. The Bertz CT molecular complexity index is 472. The summed E-state index contributed by atoms with van der Waals surface area (Å²) in [5.74, 6) is -0.855. The molecule has 1 rings (SSSR count). The lowest BCUT2D eigenvalue weighted by molar-refractivity contribution is 0.0600. The van der Waals surface area contributed by atoms with E-state index in [0.717, 1.165) is 0 Å². The first-order valence-corrected chi connectivity index (χ1v) is 5.82. The number of carbonyl (C=O) groups is 2. The predicted octanol–water partition coefficient (Wildman–Crippen LogP) is 0.764. The molecule has 0 spiro atoms. The van der Waals surface area contributed by atoms with Crippen molar-refractivity contribution in [3.8, 4) is 5.75 Å². The van der Waals surface area contributed by atoms with Crippen LogP contribution in [0.3, 0.4) is 0 Å². The fourth-order valence-corrected chi connectivity index (χ4v) is 1.75. The topological polar surface area (TPSA) is 110 Å². The summed E-state index contributed by atoms with van der Waals surface area (Å²) in [7, 11) is 1.22. The van der Waals surface area contributed by atoms with Gasteiger partial charge in [-0.3, -0.25) is 4.79 Å². The number of aromatic hydroxyl groups is 1. The number of benzene rings is 1. The van der Waals surface area contributed by atoms with E-state index in [-0.39, 0.29) is 23.5 Å². The number of aliphatic hydroxyl groups is 1. The van der Waals surface area contributed by atoms with Gasteiger partial charge >= 0.3 is 5.97 Å². The molecule has 0 aliphatic rings.